The summed E-state index contributed by atoms with van der Waals surface area (Å²) in [6.45, 7) is 3.08. The highest BCUT2D eigenvalue weighted by Gasteiger charge is 2.32. The summed E-state index contributed by atoms with van der Waals surface area (Å²) in [5.74, 6) is -1.05. The maximum absolute atomic E-state index is 12.8. The van der Waals surface area contributed by atoms with Crippen LogP contribution in [0, 0.1) is 5.92 Å². The second-order valence-electron chi connectivity index (χ2n) is 7.40. The van der Waals surface area contributed by atoms with Crippen molar-refractivity contribution >= 4 is 17.7 Å². The summed E-state index contributed by atoms with van der Waals surface area (Å²) < 4.78 is 0. The van der Waals surface area contributed by atoms with Crippen LogP contribution < -0.4 is 10.8 Å². The lowest BCUT2D eigenvalue weighted by molar-refractivity contribution is -0.140. The number of unbranched alkanes of at least 4 members (excludes halogenated alkanes) is 1. The molecular formula is C21H31N3O4. The van der Waals surface area contributed by atoms with Gasteiger partial charge in [-0.3, -0.25) is 19.6 Å². The Morgan fingerprint density at radius 2 is 1.96 bits per heavy atom. The maximum Gasteiger partial charge on any atom is 0.244 e. The van der Waals surface area contributed by atoms with Crippen LogP contribution in [0.4, 0.5) is 0 Å². The number of hydroxylamine groups is 1. The van der Waals surface area contributed by atoms with E-state index in [-0.39, 0.29) is 24.3 Å². The molecule has 0 spiro atoms. The molecule has 1 aliphatic heterocycles. The average Bonchev–Trinajstić information content (AvgIpc) is 3.18. The fraction of sp³-hybridized carbons (Fsp3) is 0.571. The molecule has 2 atom stereocenters. The Hall–Kier alpha value is -2.41. The van der Waals surface area contributed by atoms with Gasteiger partial charge in [-0.15, -0.1) is 0 Å². The zero-order valence-electron chi connectivity index (χ0n) is 16.5. The summed E-state index contributed by atoms with van der Waals surface area (Å²) in [7, 11) is 0. The molecule has 0 aromatic heterocycles. The van der Waals surface area contributed by atoms with Crippen LogP contribution in [0.3, 0.4) is 0 Å². The smallest absolute Gasteiger partial charge is 0.244 e. The van der Waals surface area contributed by atoms with Gasteiger partial charge in [0.25, 0.3) is 0 Å². The Balaban J connectivity index is 1.80. The van der Waals surface area contributed by atoms with Crippen LogP contribution in [0.15, 0.2) is 30.3 Å². The molecule has 1 aromatic rings. The minimum Gasteiger partial charge on any atom is -0.352 e. The summed E-state index contributed by atoms with van der Waals surface area (Å²) in [6, 6.07) is 9.82. The topological polar surface area (TPSA) is 98.7 Å². The van der Waals surface area contributed by atoms with Crippen LogP contribution >= 0.6 is 0 Å². The van der Waals surface area contributed by atoms with Gasteiger partial charge in [-0.25, -0.2) is 5.48 Å². The number of carbonyl (C=O) groups excluding carboxylic acids is 3. The van der Waals surface area contributed by atoms with Gasteiger partial charge >= 0.3 is 0 Å². The number of amides is 3. The second kappa shape index (κ2) is 11.4. The van der Waals surface area contributed by atoms with Crippen molar-refractivity contribution in [2.24, 2.45) is 5.92 Å². The Labute approximate surface area is 166 Å². The molecule has 1 aromatic carbocycles. The summed E-state index contributed by atoms with van der Waals surface area (Å²) in [5.41, 5.74) is 2.74. The van der Waals surface area contributed by atoms with Gasteiger partial charge in [-0.1, -0.05) is 50.1 Å². The number of carbonyl (C=O) groups is 3. The fourth-order valence-corrected chi connectivity index (χ4v) is 3.57. The summed E-state index contributed by atoms with van der Waals surface area (Å²) in [4.78, 5) is 38.3. The van der Waals surface area contributed by atoms with E-state index in [4.69, 9.17) is 5.21 Å². The largest absolute Gasteiger partial charge is 0.352 e. The van der Waals surface area contributed by atoms with Crippen molar-refractivity contribution < 1.29 is 19.6 Å². The zero-order chi connectivity index (χ0) is 20.4. The number of nitrogens with one attached hydrogen (secondary N) is 2. The third-order valence-electron chi connectivity index (χ3n) is 5.16. The molecule has 1 heterocycles. The van der Waals surface area contributed by atoms with Crippen molar-refractivity contribution in [2.75, 3.05) is 13.1 Å². The highest BCUT2D eigenvalue weighted by molar-refractivity contribution is 5.85. The van der Waals surface area contributed by atoms with E-state index in [1.165, 1.54) is 0 Å². The van der Waals surface area contributed by atoms with Crippen molar-refractivity contribution in [1.82, 2.24) is 15.7 Å². The first-order chi connectivity index (χ1) is 13.5. The van der Waals surface area contributed by atoms with Crippen LogP contribution in [0.2, 0.25) is 0 Å². The molecule has 3 N–H and O–H groups in total. The summed E-state index contributed by atoms with van der Waals surface area (Å²) >= 11 is 0. The number of hydrogen-bond donors (Lipinski definition) is 3. The predicted octanol–water partition coefficient (Wildman–Crippen LogP) is 2.04. The summed E-state index contributed by atoms with van der Waals surface area (Å²) in [6.07, 6.45) is 4.22. The Morgan fingerprint density at radius 1 is 1.21 bits per heavy atom. The number of benzene rings is 1. The molecule has 154 valence electrons. The van der Waals surface area contributed by atoms with Gasteiger partial charge in [0, 0.05) is 37.9 Å². The average molecular weight is 389 g/mol. The molecule has 0 saturated carbocycles. The number of rotatable bonds is 10. The molecule has 1 saturated heterocycles. The highest BCUT2D eigenvalue weighted by Crippen LogP contribution is 2.20. The number of nitrogens with zero attached hydrogens (tertiary/aromatic N) is 1. The third-order valence-corrected chi connectivity index (χ3v) is 5.16. The van der Waals surface area contributed by atoms with E-state index in [9.17, 15) is 14.4 Å². The normalized spacial score (nSPS) is 17.2. The van der Waals surface area contributed by atoms with Crippen LogP contribution in [-0.2, 0) is 20.8 Å². The van der Waals surface area contributed by atoms with Gasteiger partial charge in [-0.2, -0.15) is 0 Å². The Morgan fingerprint density at radius 3 is 2.64 bits per heavy atom. The molecule has 0 bridgehead atoms. The third kappa shape index (κ3) is 6.96. The van der Waals surface area contributed by atoms with Gasteiger partial charge in [-0.05, 0) is 24.8 Å². The first-order valence-electron chi connectivity index (χ1n) is 10.1. The van der Waals surface area contributed by atoms with E-state index in [1.807, 2.05) is 37.3 Å². The number of aryl methyl sites for hydroxylation is 1. The summed E-state index contributed by atoms with van der Waals surface area (Å²) in [5, 5.41) is 11.8. The van der Waals surface area contributed by atoms with Crippen molar-refractivity contribution in [3.05, 3.63) is 35.9 Å². The monoisotopic (exact) mass is 389 g/mol. The van der Waals surface area contributed by atoms with Crippen LogP contribution in [-0.4, -0.2) is 47.0 Å². The number of likely N-dealkylation sites (tertiary alicyclic amines) is 1. The van der Waals surface area contributed by atoms with Gasteiger partial charge in [0.2, 0.25) is 17.7 Å². The minimum absolute atomic E-state index is 0.00894. The molecule has 1 fully saturated rings. The lowest BCUT2D eigenvalue weighted by Gasteiger charge is -2.23. The van der Waals surface area contributed by atoms with E-state index >= 15 is 0 Å². The lowest BCUT2D eigenvalue weighted by Crippen LogP contribution is -2.41. The quantitative estimate of drug-likeness (QED) is 0.421. The van der Waals surface area contributed by atoms with Crippen molar-refractivity contribution in [3.8, 4) is 0 Å². The first-order valence-corrected chi connectivity index (χ1v) is 10.1. The molecule has 2 unspecified atom stereocenters. The molecule has 7 nitrogen and oxygen atoms in total. The second-order valence-corrected chi connectivity index (χ2v) is 7.40. The lowest BCUT2D eigenvalue weighted by atomic mass is 9.96. The van der Waals surface area contributed by atoms with Crippen molar-refractivity contribution in [3.63, 3.8) is 0 Å². The first kappa shape index (κ1) is 21.9. The molecule has 0 aliphatic carbocycles. The molecule has 7 heteroatoms. The van der Waals surface area contributed by atoms with Gasteiger partial charge in [0.1, 0.15) is 0 Å². The predicted molar refractivity (Wildman–Crippen MR) is 105 cm³/mol. The van der Waals surface area contributed by atoms with Gasteiger partial charge in [0.05, 0.1) is 0 Å². The molecule has 0 radical (unpaired) electrons. The zero-order valence-corrected chi connectivity index (χ0v) is 16.5. The van der Waals surface area contributed by atoms with E-state index in [2.05, 4.69) is 5.32 Å². The molecule has 28 heavy (non-hydrogen) atoms. The van der Waals surface area contributed by atoms with Crippen molar-refractivity contribution in [1.29, 1.82) is 0 Å². The molecular weight excluding hydrogens is 358 g/mol. The van der Waals surface area contributed by atoms with Crippen LogP contribution in [0.25, 0.3) is 0 Å². The van der Waals surface area contributed by atoms with Crippen LogP contribution in [0.1, 0.15) is 51.0 Å². The van der Waals surface area contributed by atoms with Gasteiger partial charge in [0.15, 0.2) is 0 Å². The Kier molecular flexibility index (Phi) is 8.94. The van der Waals surface area contributed by atoms with E-state index in [0.29, 0.717) is 32.4 Å². The van der Waals surface area contributed by atoms with E-state index in [1.54, 1.807) is 10.4 Å². The van der Waals surface area contributed by atoms with E-state index in [0.717, 1.165) is 24.8 Å². The molecule has 3 amide bonds. The SMILES string of the molecule is CCCCC(CC(=O)NO)C(=O)N1CCC(NC(=O)CCc2ccccc2)C1. The molecule has 1 aliphatic rings. The van der Waals surface area contributed by atoms with Crippen LogP contribution in [0.5, 0.6) is 0 Å². The number of hydrogen-bond acceptors (Lipinski definition) is 4. The van der Waals surface area contributed by atoms with Crippen molar-refractivity contribution in [2.45, 2.75) is 57.9 Å². The maximum atomic E-state index is 12.8. The standard InChI is InChI=1S/C21H31N3O4/c1-2-3-9-17(14-20(26)23-28)21(27)24-13-12-18(15-24)22-19(25)11-10-16-7-5-4-6-8-16/h4-8,17-18,28H,2-3,9-15H2,1H3,(H,22,25)(H,23,26). The highest BCUT2D eigenvalue weighted by atomic mass is 16.5. The Bertz CT molecular complexity index is 650. The fourth-order valence-electron chi connectivity index (χ4n) is 3.57. The van der Waals surface area contributed by atoms with E-state index < -0.39 is 11.8 Å². The minimum atomic E-state index is -0.542. The molecule has 2 rings (SSSR count). The van der Waals surface area contributed by atoms with Gasteiger partial charge < -0.3 is 10.2 Å².